The van der Waals surface area contributed by atoms with Crippen LogP contribution in [0.2, 0.25) is 5.02 Å². The molecule has 9 heteroatoms. The number of carbonyl (C=O) groups excluding carboxylic acids is 2. The molecule has 252 valence electrons. The molecule has 0 radical (unpaired) electrons. The highest BCUT2D eigenvalue weighted by Crippen LogP contribution is 2.30. The van der Waals surface area contributed by atoms with E-state index < -0.39 is 28.5 Å². The molecule has 0 heterocycles. The Balaban J connectivity index is 1.59. The molecule has 1 fully saturated rings. The molecule has 5 rings (SSSR count). The molecule has 4 aromatic carbocycles. The van der Waals surface area contributed by atoms with Crippen molar-refractivity contribution in [1.29, 1.82) is 0 Å². The Morgan fingerprint density at radius 1 is 0.833 bits per heavy atom. The molecule has 7 nitrogen and oxygen atoms in total. The highest BCUT2D eigenvalue weighted by Gasteiger charge is 2.36. The maximum Gasteiger partial charge on any atom is 0.264 e. The Kier molecular flexibility index (Phi) is 11.6. The number of aryl methyl sites for hydroxylation is 3. The van der Waals surface area contributed by atoms with E-state index in [2.05, 4.69) is 5.32 Å². The van der Waals surface area contributed by atoms with E-state index in [1.165, 1.54) is 9.21 Å². The molecule has 2 amide bonds. The van der Waals surface area contributed by atoms with Crippen LogP contribution in [0, 0.1) is 20.8 Å². The zero-order valence-corrected chi connectivity index (χ0v) is 29.4. The third kappa shape index (κ3) is 8.65. The van der Waals surface area contributed by atoms with Crippen LogP contribution in [-0.2, 0) is 32.6 Å². The van der Waals surface area contributed by atoms with Crippen molar-refractivity contribution in [2.75, 3.05) is 10.8 Å². The Labute approximate surface area is 290 Å². The number of anilines is 1. The van der Waals surface area contributed by atoms with Crippen LogP contribution >= 0.6 is 11.6 Å². The second kappa shape index (κ2) is 15.8. The normalized spacial score (nSPS) is 14.2. The van der Waals surface area contributed by atoms with Gasteiger partial charge in [-0.3, -0.25) is 13.9 Å². The molecule has 0 aromatic heterocycles. The first-order chi connectivity index (χ1) is 23.0. The molecule has 0 aliphatic heterocycles. The van der Waals surface area contributed by atoms with E-state index in [4.69, 9.17) is 11.6 Å². The minimum absolute atomic E-state index is 0.0233. The number of amides is 2. The van der Waals surface area contributed by atoms with Crippen molar-refractivity contribution in [3.05, 3.63) is 130 Å². The maximum absolute atomic E-state index is 14.8. The van der Waals surface area contributed by atoms with Crippen LogP contribution in [0.25, 0.3) is 0 Å². The van der Waals surface area contributed by atoms with Gasteiger partial charge in [0.25, 0.3) is 10.0 Å². The Hall–Kier alpha value is -4.14. The molecular formula is C39H44ClN3O4S. The Bertz CT molecular complexity index is 1820. The highest BCUT2D eigenvalue weighted by atomic mass is 35.5. The van der Waals surface area contributed by atoms with E-state index in [0.29, 0.717) is 21.8 Å². The van der Waals surface area contributed by atoms with Gasteiger partial charge in [-0.2, -0.15) is 0 Å². The van der Waals surface area contributed by atoms with Crippen molar-refractivity contribution in [3.8, 4) is 0 Å². The minimum atomic E-state index is -4.19. The average molecular weight is 686 g/mol. The van der Waals surface area contributed by atoms with Crippen molar-refractivity contribution in [1.82, 2.24) is 10.2 Å². The highest BCUT2D eigenvalue weighted by molar-refractivity contribution is 7.92. The van der Waals surface area contributed by atoms with Gasteiger partial charge in [0.15, 0.2) is 0 Å². The number of hydrogen-bond donors (Lipinski definition) is 1. The third-order valence-electron chi connectivity index (χ3n) is 9.04. The lowest BCUT2D eigenvalue weighted by molar-refractivity contribution is -0.140. The first kappa shape index (κ1) is 35.2. The first-order valence-corrected chi connectivity index (χ1v) is 18.4. The average Bonchev–Trinajstić information content (AvgIpc) is 3.08. The van der Waals surface area contributed by atoms with Crippen molar-refractivity contribution >= 4 is 39.1 Å². The SMILES string of the molecule is Cc1ccc(S(=O)(=O)N(CC(=O)N(Cc2ccccc2Cl)[C@H](Cc2ccccc2)C(=O)NC2CCCCC2)c2cc(C)ccc2C)cc1. The van der Waals surface area contributed by atoms with Gasteiger partial charge in [0, 0.05) is 24.0 Å². The van der Waals surface area contributed by atoms with E-state index in [1.807, 2.05) is 81.4 Å². The number of nitrogens with zero attached hydrogens (tertiary/aromatic N) is 2. The molecule has 0 bridgehead atoms. The number of hydrogen-bond acceptors (Lipinski definition) is 4. The third-order valence-corrected chi connectivity index (χ3v) is 11.2. The smallest absolute Gasteiger partial charge is 0.264 e. The van der Waals surface area contributed by atoms with Gasteiger partial charge in [0.1, 0.15) is 12.6 Å². The van der Waals surface area contributed by atoms with Crippen molar-refractivity contribution in [2.24, 2.45) is 0 Å². The summed E-state index contributed by atoms with van der Waals surface area (Å²) in [6, 6.07) is 28.1. The van der Waals surface area contributed by atoms with Crippen LogP contribution in [0.5, 0.6) is 0 Å². The molecule has 1 saturated carbocycles. The summed E-state index contributed by atoms with van der Waals surface area (Å²) in [4.78, 5) is 30.7. The van der Waals surface area contributed by atoms with Crippen molar-refractivity contribution in [3.63, 3.8) is 0 Å². The standard InChI is InChI=1S/C39H44ClN3O4S/c1-28-19-22-34(23-20-28)48(46,47)43(36-24-29(2)18-21-30(36)3)27-38(44)42(26-32-14-10-11-17-35(32)40)37(25-31-12-6-4-7-13-31)39(45)41-33-15-8-5-9-16-33/h4,6-7,10-14,17-24,33,37H,5,8-9,15-16,25-27H2,1-3H3,(H,41,45)/t37-/m1/s1. The first-order valence-electron chi connectivity index (χ1n) is 16.6. The fraction of sp³-hybridized carbons (Fsp3) is 0.333. The number of carbonyl (C=O) groups is 2. The zero-order chi connectivity index (χ0) is 34.3. The number of halogens is 1. The van der Waals surface area contributed by atoms with E-state index in [-0.39, 0.29) is 29.8 Å². The van der Waals surface area contributed by atoms with Crippen LogP contribution < -0.4 is 9.62 Å². The summed E-state index contributed by atoms with van der Waals surface area (Å²) in [7, 11) is -4.19. The lowest BCUT2D eigenvalue weighted by atomic mass is 9.94. The van der Waals surface area contributed by atoms with Crippen LogP contribution in [0.1, 0.15) is 59.9 Å². The van der Waals surface area contributed by atoms with Crippen LogP contribution in [0.15, 0.2) is 102 Å². The Morgan fingerprint density at radius 2 is 1.48 bits per heavy atom. The molecule has 0 spiro atoms. The van der Waals surface area contributed by atoms with Gasteiger partial charge in [-0.25, -0.2) is 8.42 Å². The van der Waals surface area contributed by atoms with Crippen molar-refractivity contribution in [2.45, 2.75) is 82.8 Å². The van der Waals surface area contributed by atoms with E-state index in [1.54, 1.807) is 36.4 Å². The zero-order valence-electron chi connectivity index (χ0n) is 27.9. The van der Waals surface area contributed by atoms with Gasteiger partial charge in [0.2, 0.25) is 11.8 Å². The number of sulfonamides is 1. The van der Waals surface area contributed by atoms with E-state index >= 15 is 0 Å². The second-order valence-electron chi connectivity index (χ2n) is 12.8. The largest absolute Gasteiger partial charge is 0.352 e. The monoisotopic (exact) mass is 685 g/mol. The van der Waals surface area contributed by atoms with E-state index in [0.717, 1.165) is 48.8 Å². The number of nitrogens with one attached hydrogen (secondary N) is 1. The molecule has 1 N–H and O–H groups in total. The van der Waals surface area contributed by atoms with Crippen LogP contribution in [0.4, 0.5) is 5.69 Å². The lowest BCUT2D eigenvalue weighted by Gasteiger charge is -2.35. The molecular weight excluding hydrogens is 642 g/mol. The topological polar surface area (TPSA) is 86.8 Å². The van der Waals surface area contributed by atoms with Gasteiger partial charge in [-0.1, -0.05) is 109 Å². The summed E-state index contributed by atoms with van der Waals surface area (Å²) in [5.41, 5.74) is 4.44. The van der Waals surface area contributed by atoms with E-state index in [9.17, 15) is 18.0 Å². The summed E-state index contributed by atoms with van der Waals surface area (Å²) in [6.07, 6.45) is 5.25. The predicted octanol–water partition coefficient (Wildman–Crippen LogP) is 7.55. The summed E-state index contributed by atoms with van der Waals surface area (Å²) < 4.78 is 30.0. The molecule has 1 aliphatic rings. The summed E-state index contributed by atoms with van der Waals surface area (Å²) >= 11 is 6.63. The summed E-state index contributed by atoms with van der Waals surface area (Å²) in [6.45, 7) is 5.12. The molecule has 1 aliphatic carbocycles. The van der Waals surface area contributed by atoms with Gasteiger partial charge >= 0.3 is 0 Å². The van der Waals surface area contributed by atoms with Gasteiger partial charge in [0.05, 0.1) is 10.6 Å². The Morgan fingerprint density at radius 3 is 2.17 bits per heavy atom. The molecule has 0 saturated heterocycles. The fourth-order valence-corrected chi connectivity index (χ4v) is 7.91. The number of rotatable bonds is 12. The molecule has 1 atom stereocenters. The van der Waals surface area contributed by atoms with Gasteiger partial charge < -0.3 is 10.2 Å². The van der Waals surface area contributed by atoms with Crippen LogP contribution in [0.3, 0.4) is 0 Å². The van der Waals surface area contributed by atoms with Gasteiger partial charge in [-0.05, 0) is 80.1 Å². The summed E-state index contributed by atoms with van der Waals surface area (Å²) in [5, 5.41) is 3.70. The molecule has 0 unspecified atom stereocenters. The van der Waals surface area contributed by atoms with Gasteiger partial charge in [-0.15, -0.1) is 0 Å². The minimum Gasteiger partial charge on any atom is -0.352 e. The lowest BCUT2D eigenvalue weighted by Crippen LogP contribution is -2.55. The quantitative estimate of drug-likeness (QED) is 0.167. The summed E-state index contributed by atoms with van der Waals surface area (Å²) in [5.74, 6) is -0.767. The fourth-order valence-electron chi connectivity index (χ4n) is 6.25. The van der Waals surface area contributed by atoms with Crippen LogP contribution in [-0.4, -0.2) is 43.8 Å². The molecule has 4 aromatic rings. The predicted molar refractivity (Wildman–Crippen MR) is 193 cm³/mol. The second-order valence-corrected chi connectivity index (χ2v) is 15.0. The number of benzene rings is 4. The maximum atomic E-state index is 14.8. The van der Waals surface area contributed by atoms with Crippen molar-refractivity contribution < 1.29 is 18.0 Å². The molecule has 48 heavy (non-hydrogen) atoms.